The number of hydrogen-bond acceptors (Lipinski definition) is 3. The summed E-state index contributed by atoms with van der Waals surface area (Å²) in [6.07, 6.45) is 4.15. The highest BCUT2D eigenvalue weighted by Crippen LogP contribution is 2.31. The number of hydrogen-bond donors (Lipinski definition) is 0. The Morgan fingerprint density at radius 1 is 1.85 bits per heavy atom. The summed E-state index contributed by atoms with van der Waals surface area (Å²) in [5.74, 6) is -0.332. The molecule has 1 aliphatic carbocycles. The third kappa shape index (κ3) is 2.32. The maximum atomic E-state index is 11.4. The molecular formula is C10H13NO2. The van der Waals surface area contributed by atoms with Gasteiger partial charge in [-0.25, -0.2) is 0 Å². The van der Waals surface area contributed by atoms with Crippen LogP contribution in [-0.2, 0) is 9.53 Å². The molecule has 3 heteroatoms. The minimum absolute atomic E-state index is 0.153. The number of rotatable bonds is 2. The van der Waals surface area contributed by atoms with Crippen LogP contribution in [0, 0.1) is 17.2 Å². The van der Waals surface area contributed by atoms with Crippen molar-refractivity contribution in [2.45, 2.75) is 26.2 Å². The van der Waals surface area contributed by atoms with Crippen LogP contribution in [0.2, 0.25) is 0 Å². The lowest BCUT2D eigenvalue weighted by molar-refractivity contribution is -0.146. The van der Waals surface area contributed by atoms with Gasteiger partial charge in [-0.15, -0.1) is 0 Å². The Labute approximate surface area is 78.0 Å². The molecule has 1 fully saturated rings. The Bertz CT molecular complexity index is 263. The average molecular weight is 179 g/mol. The molecule has 0 aromatic heterocycles. The van der Waals surface area contributed by atoms with Crippen LogP contribution >= 0.6 is 0 Å². The minimum Gasteiger partial charge on any atom is -0.466 e. The standard InChI is InChI=1S/C10H13NO2/c1-2-13-10(12)9-5-3-4-8(9)6-7-11/h6,9H,2-5H2,1H3/b8-6-. The van der Waals surface area contributed by atoms with Crippen LogP contribution in [0.4, 0.5) is 0 Å². The van der Waals surface area contributed by atoms with Gasteiger partial charge in [0, 0.05) is 6.08 Å². The predicted molar refractivity (Wildman–Crippen MR) is 47.7 cm³/mol. The molecule has 0 heterocycles. The zero-order chi connectivity index (χ0) is 9.68. The van der Waals surface area contributed by atoms with Crippen LogP contribution in [-0.4, -0.2) is 12.6 Å². The Hall–Kier alpha value is -1.30. The summed E-state index contributed by atoms with van der Waals surface area (Å²) >= 11 is 0. The van der Waals surface area contributed by atoms with Gasteiger partial charge in [0.15, 0.2) is 0 Å². The SMILES string of the molecule is CCOC(=O)C1CCC/C1=C/C#N. The van der Waals surface area contributed by atoms with Crippen molar-refractivity contribution in [3.63, 3.8) is 0 Å². The quantitative estimate of drug-likeness (QED) is 0.479. The Morgan fingerprint density at radius 3 is 3.23 bits per heavy atom. The Kier molecular flexibility index (Phi) is 3.51. The highest BCUT2D eigenvalue weighted by Gasteiger charge is 2.28. The van der Waals surface area contributed by atoms with Gasteiger partial charge in [-0.2, -0.15) is 5.26 Å². The first kappa shape index (κ1) is 9.79. The maximum Gasteiger partial charge on any atom is 0.313 e. The summed E-state index contributed by atoms with van der Waals surface area (Å²) in [4.78, 5) is 11.4. The van der Waals surface area contributed by atoms with E-state index in [9.17, 15) is 4.79 Å². The first-order chi connectivity index (χ1) is 6.29. The second-order valence-electron chi connectivity index (χ2n) is 3.05. The highest BCUT2D eigenvalue weighted by molar-refractivity contribution is 5.76. The van der Waals surface area contributed by atoms with Crippen molar-refractivity contribution >= 4 is 5.97 Å². The molecule has 0 bridgehead atoms. The van der Waals surface area contributed by atoms with Crippen molar-refractivity contribution in [3.05, 3.63) is 11.6 Å². The minimum atomic E-state index is -0.179. The lowest BCUT2D eigenvalue weighted by atomic mass is 10.0. The number of allylic oxidation sites excluding steroid dienone is 1. The van der Waals surface area contributed by atoms with E-state index in [1.165, 1.54) is 6.08 Å². The largest absolute Gasteiger partial charge is 0.466 e. The fraction of sp³-hybridized carbons (Fsp3) is 0.600. The van der Waals surface area contributed by atoms with Gasteiger partial charge in [0.25, 0.3) is 0 Å². The van der Waals surface area contributed by atoms with Crippen LogP contribution in [0.3, 0.4) is 0 Å². The summed E-state index contributed by atoms with van der Waals surface area (Å²) in [5, 5.41) is 8.48. The molecule has 0 saturated heterocycles. The molecule has 0 aromatic carbocycles. The van der Waals surface area contributed by atoms with E-state index in [1.807, 2.05) is 6.07 Å². The third-order valence-electron chi connectivity index (χ3n) is 2.23. The number of nitrogens with zero attached hydrogens (tertiary/aromatic N) is 1. The van der Waals surface area contributed by atoms with Gasteiger partial charge in [-0.05, 0) is 31.8 Å². The van der Waals surface area contributed by atoms with Crippen LogP contribution in [0.5, 0.6) is 0 Å². The fourth-order valence-electron chi connectivity index (χ4n) is 1.64. The van der Waals surface area contributed by atoms with Crippen molar-refractivity contribution in [1.29, 1.82) is 5.26 Å². The molecule has 3 nitrogen and oxygen atoms in total. The van der Waals surface area contributed by atoms with Crippen molar-refractivity contribution < 1.29 is 9.53 Å². The average Bonchev–Trinajstić information content (AvgIpc) is 2.54. The van der Waals surface area contributed by atoms with E-state index in [1.54, 1.807) is 6.92 Å². The Morgan fingerprint density at radius 2 is 2.62 bits per heavy atom. The number of carbonyl (C=O) groups is 1. The normalized spacial score (nSPS) is 24.3. The molecule has 0 aromatic rings. The predicted octanol–water partition coefficient (Wildman–Crippen LogP) is 1.80. The van der Waals surface area contributed by atoms with Crippen molar-refractivity contribution in [1.82, 2.24) is 0 Å². The van der Waals surface area contributed by atoms with E-state index < -0.39 is 0 Å². The van der Waals surface area contributed by atoms with Crippen LogP contribution in [0.25, 0.3) is 0 Å². The number of nitriles is 1. The highest BCUT2D eigenvalue weighted by atomic mass is 16.5. The third-order valence-corrected chi connectivity index (χ3v) is 2.23. The molecule has 1 saturated carbocycles. The van der Waals surface area contributed by atoms with E-state index in [2.05, 4.69) is 0 Å². The molecule has 1 atom stereocenters. The second-order valence-corrected chi connectivity index (χ2v) is 3.05. The monoisotopic (exact) mass is 179 g/mol. The van der Waals surface area contributed by atoms with Crippen molar-refractivity contribution in [3.8, 4) is 6.07 Å². The summed E-state index contributed by atoms with van der Waals surface area (Å²) in [7, 11) is 0. The molecule has 0 N–H and O–H groups in total. The van der Waals surface area contributed by atoms with Crippen LogP contribution < -0.4 is 0 Å². The molecule has 1 rings (SSSR count). The van der Waals surface area contributed by atoms with Crippen LogP contribution in [0.1, 0.15) is 26.2 Å². The van der Waals surface area contributed by atoms with Crippen LogP contribution in [0.15, 0.2) is 11.6 Å². The smallest absolute Gasteiger partial charge is 0.313 e. The summed E-state index contributed by atoms with van der Waals surface area (Å²) < 4.78 is 4.91. The van der Waals surface area contributed by atoms with E-state index in [0.717, 1.165) is 24.8 Å². The second kappa shape index (κ2) is 4.66. The van der Waals surface area contributed by atoms with Crippen molar-refractivity contribution in [2.75, 3.05) is 6.61 Å². The molecule has 70 valence electrons. The number of ether oxygens (including phenoxy) is 1. The molecule has 1 aliphatic rings. The molecule has 0 amide bonds. The zero-order valence-corrected chi connectivity index (χ0v) is 7.75. The summed E-state index contributed by atoms with van der Waals surface area (Å²) in [6.45, 7) is 2.20. The maximum absolute atomic E-state index is 11.4. The van der Waals surface area contributed by atoms with Gasteiger partial charge in [-0.3, -0.25) is 4.79 Å². The zero-order valence-electron chi connectivity index (χ0n) is 7.75. The first-order valence-corrected chi connectivity index (χ1v) is 4.54. The lowest BCUT2D eigenvalue weighted by Gasteiger charge is -2.09. The molecule has 0 spiro atoms. The van der Waals surface area contributed by atoms with Gasteiger partial charge in [0.2, 0.25) is 0 Å². The molecule has 0 aliphatic heterocycles. The molecule has 13 heavy (non-hydrogen) atoms. The van der Waals surface area contributed by atoms with E-state index >= 15 is 0 Å². The number of esters is 1. The fourth-order valence-corrected chi connectivity index (χ4v) is 1.64. The first-order valence-electron chi connectivity index (χ1n) is 4.54. The topological polar surface area (TPSA) is 50.1 Å². The summed E-state index contributed by atoms with van der Waals surface area (Å²) in [5.41, 5.74) is 0.931. The molecular weight excluding hydrogens is 166 g/mol. The van der Waals surface area contributed by atoms with Gasteiger partial charge < -0.3 is 4.74 Å². The van der Waals surface area contributed by atoms with Gasteiger partial charge >= 0.3 is 5.97 Å². The van der Waals surface area contributed by atoms with E-state index in [-0.39, 0.29) is 11.9 Å². The molecule has 1 unspecified atom stereocenters. The van der Waals surface area contributed by atoms with E-state index in [0.29, 0.717) is 6.61 Å². The van der Waals surface area contributed by atoms with E-state index in [4.69, 9.17) is 10.00 Å². The Balaban J connectivity index is 2.64. The number of carbonyl (C=O) groups excluding carboxylic acids is 1. The van der Waals surface area contributed by atoms with Crippen molar-refractivity contribution in [2.24, 2.45) is 5.92 Å². The lowest BCUT2D eigenvalue weighted by Crippen LogP contribution is -2.16. The summed E-state index contributed by atoms with van der Waals surface area (Å²) in [6, 6.07) is 1.97. The van der Waals surface area contributed by atoms with Gasteiger partial charge in [-0.1, -0.05) is 0 Å². The van der Waals surface area contributed by atoms with Gasteiger partial charge in [0.1, 0.15) is 0 Å². The molecule has 0 radical (unpaired) electrons. The van der Waals surface area contributed by atoms with Gasteiger partial charge in [0.05, 0.1) is 18.6 Å².